The molecule has 1 fully saturated rings. The second-order valence-electron chi connectivity index (χ2n) is 8.74. The summed E-state index contributed by atoms with van der Waals surface area (Å²) in [7, 11) is 0. The largest absolute Gasteiger partial charge is 0.490 e. The molecule has 1 amide bonds. The summed E-state index contributed by atoms with van der Waals surface area (Å²) in [5.41, 5.74) is 1.10. The molecule has 3 N–H and O–H groups in total. The van der Waals surface area contributed by atoms with Crippen LogP contribution in [0.5, 0.6) is 0 Å². The van der Waals surface area contributed by atoms with Crippen molar-refractivity contribution in [1.82, 2.24) is 10.2 Å². The van der Waals surface area contributed by atoms with Crippen molar-refractivity contribution in [1.29, 1.82) is 0 Å². The van der Waals surface area contributed by atoms with E-state index in [1.54, 1.807) is 6.92 Å². The normalized spacial score (nSPS) is 19.9. The van der Waals surface area contributed by atoms with E-state index in [0.717, 1.165) is 24.8 Å². The van der Waals surface area contributed by atoms with Crippen molar-refractivity contribution in [3.05, 3.63) is 35.9 Å². The van der Waals surface area contributed by atoms with E-state index < -0.39 is 36.2 Å². The molecule has 0 saturated carbocycles. The highest BCUT2D eigenvalue weighted by Crippen LogP contribution is 2.21. The van der Waals surface area contributed by atoms with E-state index in [1.807, 2.05) is 37.3 Å². The number of likely N-dealkylation sites (tertiary alicyclic amines) is 1. The van der Waals surface area contributed by atoms with Crippen LogP contribution in [0.1, 0.15) is 58.4 Å². The maximum atomic E-state index is 13.3. The minimum absolute atomic E-state index is 0.168. The molecule has 4 unspecified atom stereocenters. The highest BCUT2D eigenvalue weighted by molar-refractivity contribution is 5.88. The van der Waals surface area contributed by atoms with Crippen molar-refractivity contribution in [3.63, 3.8) is 0 Å². The van der Waals surface area contributed by atoms with Crippen LogP contribution in [-0.2, 0) is 30.3 Å². The van der Waals surface area contributed by atoms with E-state index >= 15 is 0 Å². The molecule has 9 nitrogen and oxygen atoms in total. The van der Waals surface area contributed by atoms with Crippen molar-refractivity contribution in [2.24, 2.45) is 0 Å². The zero-order valence-electron chi connectivity index (χ0n) is 21.2. The SMILES string of the molecule is CCOC(=O)C(CCc1ccccc1)NC1CCCCC(C)N(C(C)C(=O)O)C1=O.O=C(O)C(F)(F)F. The Balaban J connectivity index is 0.000000856. The van der Waals surface area contributed by atoms with E-state index in [9.17, 15) is 32.7 Å². The van der Waals surface area contributed by atoms with E-state index in [4.69, 9.17) is 14.6 Å². The van der Waals surface area contributed by atoms with Crippen LogP contribution in [0, 0.1) is 0 Å². The Kier molecular flexibility index (Phi) is 13.1. The predicted molar refractivity (Wildman–Crippen MR) is 128 cm³/mol. The maximum absolute atomic E-state index is 13.3. The fourth-order valence-corrected chi connectivity index (χ4v) is 4.00. The van der Waals surface area contributed by atoms with Gasteiger partial charge in [-0.1, -0.05) is 43.2 Å². The number of carbonyl (C=O) groups excluding carboxylic acids is 2. The van der Waals surface area contributed by atoms with Crippen LogP contribution in [-0.4, -0.2) is 75.9 Å². The van der Waals surface area contributed by atoms with Gasteiger partial charge in [0.1, 0.15) is 12.1 Å². The van der Waals surface area contributed by atoms with Crippen LogP contribution < -0.4 is 5.32 Å². The first-order valence-corrected chi connectivity index (χ1v) is 12.1. The Bertz CT molecular complexity index is 896. The molecule has 1 saturated heterocycles. The molecule has 0 aliphatic carbocycles. The number of hydrogen-bond donors (Lipinski definition) is 3. The van der Waals surface area contributed by atoms with Gasteiger partial charge in [-0.15, -0.1) is 0 Å². The van der Waals surface area contributed by atoms with Gasteiger partial charge in [-0.2, -0.15) is 13.2 Å². The number of esters is 1. The lowest BCUT2D eigenvalue weighted by Crippen LogP contribution is -2.58. The molecule has 12 heteroatoms. The minimum Gasteiger partial charge on any atom is -0.480 e. The predicted octanol–water partition coefficient (Wildman–Crippen LogP) is 3.41. The van der Waals surface area contributed by atoms with Crippen LogP contribution >= 0.6 is 0 Å². The van der Waals surface area contributed by atoms with Gasteiger partial charge in [0, 0.05) is 6.04 Å². The summed E-state index contributed by atoms with van der Waals surface area (Å²) in [4.78, 5) is 47.8. The number of carboxylic acids is 2. The second kappa shape index (κ2) is 15.2. The molecular formula is C25H35F3N2O7. The monoisotopic (exact) mass is 532 g/mol. The Hall–Kier alpha value is -3.15. The molecule has 37 heavy (non-hydrogen) atoms. The first kappa shape index (κ1) is 31.9. The molecule has 1 aliphatic heterocycles. The number of rotatable bonds is 9. The fraction of sp³-hybridized carbons (Fsp3) is 0.600. The van der Waals surface area contributed by atoms with Gasteiger partial charge >= 0.3 is 24.1 Å². The third-order valence-corrected chi connectivity index (χ3v) is 5.95. The average molecular weight is 533 g/mol. The number of amides is 1. The molecule has 1 heterocycles. The number of halogens is 3. The van der Waals surface area contributed by atoms with Crippen LogP contribution in [0.4, 0.5) is 13.2 Å². The Morgan fingerprint density at radius 2 is 1.70 bits per heavy atom. The number of carboxylic acid groups (broad SMARTS) is 2. The number of nitrogens with one attached hydrogen (secondary N) is 1. The van der Waals surface area contributed by atoms with Crippen molar-refractivity contribution in [2.45, 2.75) is 89.6 Å². The zero-order chi connectivity index (χ0) is 28.2. The lowest BCUT2D eigenvalue weighted by Gasteiger charge is -2.38. The molecule has 1 aliphatic rings. The summed E-state index contributed by atoms with van der Waals surface area (Å²) in [6, 6.07) is 7.52. The summed E-state index contributed by atoms with van der Waals surface area (Å²) in [5, 5.41) is 19.8. The lowest BCUT2D eigenvalue weighted by atomic mass is 9.96. The molecule has 2 rings (SSSR count). The van der Waals surface area contributed by atoms with Crippen LogP contribution in [0.25, 0.3) is 0 Å². The van der Waals surface area contributed by atoms with Gasteiger partial charge in [0.15, 0.2) is 0 Å². The number of aryl methyl sites for hydroxylation is 1. The summed E-state index contributed by atoms with van der Waals surface area (Å²) in [5.74, 6) is -4.42. The highest BCUT2D eigenvalue weighted by Gasteiger charge is 2.38. The van der Waals surface area contributed by atoms with Gasteiger partial charge in [-0.25, -0.2) is 9.59 Å². The first-order valence-electron chi connectivity index (χ1n) is 12.1. The topological polar surface area (TPSA) is 133 Å². The van der Waals surface area contributed by atoms with Gasteiger partial charge in [0.2, 0.25) is 5.91 Å². The third kappa shape index (κ3) is 10.8. The molecule has 0 spiro atoms. The molecule has 0 aromatic heterocycles. The molecule has 0 bridgehead atoms. The third-order valence-electron chi connectivity index (χ3n) is 5.95. The van der Waals surface area contributed by atoms with Gasteiger partial charge < -0.3 is 19.8 Å². The zero-order valence-corrected chi connectivity index (χ0v) is 21.2. The number of aliphatic carboxylic acids is 2. The number of hydrogen-bond acceptors (Lipinski definition) is 6. The standard InChI is InChI=1S/C23H34N2O5.C2HF3O2/c1-4-30-23(29)20(15-14-18-11-6-5-7-12-18)24-19-13-9-8-10-16(2)25(21(19)26)17(3)22(27)28;3-2(4,5)1(6)7/h5-7,11-12,16-17,19-20,24H,4,8-10,13-15H2,1-3H3,(H,27,28);(H,6,7). The summed E-state index contributed by atoms with van der Waals surface area (Å²) in [6.07, 6.45) is -0.831. The highest BCUT2D eigenvalue weighted by atomic mass is 19.4. The number of ether oxygens (including phenoxy) is 1. The first-order chi connectivity index (χ1) is 17.3. The molecule has 1 aromatic carbocycles. The van der Waals surface area contributed by atoms with E-state index in [2.05, 4.69) is 5.32 Å². The molecule has 1 aromatic rings. The van der Waals surface area contributed by atoms with Crippen molar-refractivity contribution in [3.8, 4) is 0 Å². The van der Waals surface area contributed by atoms with Gasteiger partial charge in [-0.05, 0) is 52.0 Å². The summed E-state index contributed by atoms with van der Waals surface area (Å²) < 4.78 is 37.0. The summed E-state index contributed by atoms with van der Waals surface area (Å²) in [6.45, 7) is 5.44. The molecular weight excluding hydrogens is 497 g/mol. The van der Waals surface area contributed by atoms with E-state index in [1.165, 1.54) is 11.8 Å². The minimum atomic E-state index is -5.08. The van der Waals surface area contributed by atoms with Crippen LogP contribution in [0.15, 0.2) is 30.3 Å². The van der Waals surface area contributed by atoms with Crippen molar-refractivity contribution >= 4 is 23.8 Å². The second-order valence-corrected chi connectivity index (χ2v) is 8.74. The fourth-order valence-electron chi connectivity index (χ4n) is 4.00. The van der Waals surface area contributed by atoms with Crippen molar-refractivity contribution < 1.29 is 47.3 Å². The average Bonchev–Trinajstić information content (AvgIpc) is 2.82. The van der Waals surface area contributed by atoms with E-state index in [-0.39, 0.29) is 24.5 Å². The quantitative estimate of drug-likeness (QED) is 0.412. The van der Waals surface area contributed by atoms with Gasteiger partial charge in [-0.3, -0.25) is 14.9 Å². The summed E-state index contributed by atoms with van der Waals surface area (Å²) >= 11 is 0. The van der Waals surface area contributed by atoms with Crippen LogP contribution in [0.3, 0.4) is 0 Å². The van der Waals surface area contributed by atoms with Gasteiger partial charge in [0.25, 0.3) is 0 Å². The lowest BCUT2D eigenvalue weighted by molar-refractivity contribution is -0.192. The smallest absolute Gasteiger partial charge is 0.480 e. The Labute approximate surface area is 214 Å². The van der Waals surface area contributed by atoms with Gasteiger partial charge in [0.05, 0.1) is 12.6 Å². The number of nitrogens with zero attached hydrogens (tertiary/aromatic N) is 1. The number of benzene rings is 1. The van der Waals surface area contributed by atoms with Crippen LogP contribution in [0.2, 0.25) is 0 Å². The Morgan fingerprint density at radius 1 is 1.14 bits per heavy atom. The Morgan fingerprint density at radius 3 is 2.22 bits per heavy atom. The molecule has 0 radical (unpaired) electrons. The molecule has 4 atom stereocenters. The number of carbonyl (C=O) groups is 4. The number of alkyl halides is 3. The maximum Gasteiger partial charge on any atom is 0.490 e. The van der Waals surface area contributed by atoms with E-state index in [0.29, 0.717) is 19.3 Å². The molecule has 208 valence electrons. The van der Waals surface area contributed by atoms with Crippen molar-refractivity contribution in [2.75, 3.05) is 6.61 Å².